The van der Waals surface area contributed by atoms with Crippen LogP contribution in [-0.2, 0) is 10.2 Å². The van der Waals surface area contributed by atoms with Crippen LogP contribution in [0.3, 0.4) is 0 Å². The van der Waals surface area contributed by atoms with E-state index in [2.05, 4.69) is 38.2 Å². The van der Waals surface area contributed by atoms with Crippen LogP contribution in [0.25, 0.3) is 6.08 Å². The molecule has 0 bridgehead atoms. The Morgan fingerprint density at radius 1 is 1.22 bits per heavy atom. The molecule has 1 N–H and O–H groups in total. The number of thioether (sulfide) groups is 1. The van der Waals surface area contributed by atoms with Gasteiger partial charge in [-0.25, -0.2) is 0 Å². The van der Waals surface area contributed by atoms with Crippen molar-refractivity contribution in [1.82, 2.24) is 5.32 Å². The van der Waals surface area contributed by atoms with E-state index in [1.165, 1.54) is 17.3 Å². The van der Waals surface area contributed by atoms with Crippen LogP contribution in [0, 0.1) is 0 Å². The number of carbonyl (C=O) groups excluding carboxylic acids is 1. The highest BCUT2D eigenvalue weighted by molar-refractivity contribution is 8.26. The quantitative estimate of drug-likeness (QED) is 0.629. The first-order valence-corrected chi connectivity index (χ1v) is 6.94. The molecule has 1 amide bonds. The molecule has 0 aromatic heterocycles. The summed E-state index contributed by atoms with van der Waals surface area (Å²) in [7, 11) is 0. The average molecular weight is 277 g/mol. The number of nitrogens with one attached hydrogen (secondary N) is 1. The minimum atomic E-state index is -0.107. The van der Waals surface area contributed by atoms with Gasteiger partial charge in [0.05, 0.1) is 4.91 Å². The third kappa shape index (κ3) is 3.00. The molecule has 0 radical (unpaired) electrons. The van der Waals surface area contributed by atoms with E-state index in [-0.39, 0.29) is 11.3 Å². The van der Waals surface area contributed by atoms with E-state index in [9.17, 15) is 4.79 Å². The van der Waals surface area contributed by atoms with E-state index < -0.39 is 0 Å². The van der Waals surface area contributed by atoms with E-state index in [1.54, 1.807) is 0 Å². The number of rotatable bonds is 1. The maximum Gasteiger partial charge on any atom is 0.263 e. The molecule has 94 valence electrons. The Balaban J connectivity index is 2.24. The van der Waals surface area contributed by atoms with Crippen LogP contribution in [0.15, 0.2) is 29.2 Å². The highest BCUT2D eigenvalue weighted by Gasteiger charge is 2.22. The van der Waals surface area contributed by atoms with Gasteiger partial charge in [-0.05, 0) is 22.6 Å². The molecule has 1 fully saturated rings. The van der Waals surface area contributed by atoms with Gasteiger partial charge in [-0.15, -0.1) is 0 Å². The van der Waals surface area contributed by atoms with Gasteiger partial charge in [0.25, 0.3) is 5.91 Å². The first-order valence-electron chi connectivity index (χ1n) is 5.72. The standard InChI is InChI=1S/C14H15NOS2/c1-14(2,3)10-6-4-9(5-7-10)8-11-12(16)15-13(17)18-11/h4-8H,1-3H3,(H,15,16,17). The van der Waals surface area contributed by atoms with E-state index in [4.69, 9.17) is 12.2 Å². The molecule has 1 aliphatic heterocycles. The van der Waals surface area contributed by atoms with Crippen LogP contribution in [0.1, 0.15) is 31.9 Å². The zero-order valence-corrected chi connectivity index (χ0v) is 12.2. The predicted molar refractivity (Wildman–Crippen MR) is 81.5 cm³/mol. The number of amides is 1. The summed E-state index contributed by atoms with van der Waals surface area (Å²) in [6, 6.07) is 8.26. The van der Waals surface area contributed by atoms with Crippen molar-refractivity contribution in [1.29, 1.82) is 0 Å². The summed E-state index contributed by atoms with van der Waals surface area (Å²) in [4.78, 5) is 12.2. The smallest absolute Gasteiger partial charge is 0.263 e. The molecule has 1 heterocycles. The van der Waals surface area contributed by atoms with Crippen LogP contribution >= 0.6 is 24.0 Å². The number of carbonyl (C=O) groups is 1. The van der Waals surface area contributed by atoms with Crippen molar-refractivity contribution in [3.05, 3.63) is 40.3 Å². The molecular weight excluding hydrogens is 262 g/mol. The van der Waals surface area contributed by atoms with Gasteiger partial charge in [-0.1, -0.05) is 69.0 Å². The van der Waals surface area contributed by atoms with Crippen molar-refractivity contribution >= 4 is 40.3 Å². The fourth-order valence-corrected chi connectivity index (χ4v) is 2.70. The van der Waals surface area contributed by atoms with Gasteiger partial charge in [0, 0.05) is 0 Å². The first kappa shape index (κ1) is 13.3. The second-order valence-electron chi connectivity index (χ2n) is 5.22. The van der Waals surface area contributed by atoms with Crippen molar-refractivity contribution in [2.45, 2.75) is 26.2 Å². The van der Waals surface area contributed by atoms with Crippen LogP contribution in [0.2, 0.25) is 0 Å². The van der Waals surface area contributed by atoms with Gasteiger partial charge in [-0.2, -0.15) is 0 Å². The Labute approximate surface area is 117 Å². The van der Waals surface area contributed by atoms with Crippen LogP contribution in [0.4, 0.5) is 0 Å². The van der Waals surface area contributed by atoms with E-state index >= 15 is 0 Å². The van der Waals surface area contributed by atoms with Crippen molar-refractivity contribution in [3.63, 3.8) is 0 Å². The monoisotopic (exact) mass is 277 g/mol. The Morgan fingerprint density at radius 3 is 2.28 bits per heavy atom. The Kier molecular flexibility index (Phi) is 3.59. The zero-order valence-electron chi connectivity index (χ0n) is 10.6. The highest BCUT2D eigenvalue weighted by atomic mass is 32.2. The fraction of sp³-hybridized carbons (Fsp3) is 0.286. The molecule has 1 aromatic rings. The summed E-state index contributed by atoms with van der Waals surface area (Å²) >= 11 is 6.26. The molecule has 1 aromatic carbocycles. The molecule has 0 aliphatic carbocycles. The van der Waals surface area contributed by atoms with Gasteiger partial charge in [0.2, 0.25) is 0 Å². The lowest BCUT2D eigenvalue weighted by molar-refractivity contribution is -0.115. The molecule has 2 rings (SSSR count). The maximum absolute atomic E-state index is 11.5. The van der Waals surface area contributed by atoms with Crippen molar-refractivity contribution in [2.24, 2.45) is 0 Å². The SMILES string of the molecule is CC(C)(C)c1ccc(C=C2SC(=S)NC2=O)cc1. The van der Waals surface area contributed by atoms with Crippen molar-refractivity contribution in [2.75, 3.05) is 0 Å². The molecule has 1 saturated heterocycles. The second kappa shape index (κ2) is 4.86. The first-order chi connectivity index (χ1) is 8.36. The van der Waals surface area contributed by atoms with Gasteiger partial charge < -0.3 is 5.32 Å². The molecule has 0 atom stereocenters. The van der Waals surface area contributed by atoms with Gasteiger partial charge >= 0.3 is 0 Å². The lowest BCUT2D eigenvalue weighted by Crippen LogP contribution is -2.17. The minimum Gasteiger partial charge on any atom is -0.307 e. The van der Waals surface area contributed by atoms with Gasteiger partial charge in [0.1, 0.15) is 4.32 Å². The van der Waals surface area contributed by atoms with Crippen LogP contribution in [-0.4, -0.2) is 10.2 Å². The summed E-state index contributed by atoms with van der Waals surface area (Å²) in [6.07, 6.45) is 1.87. The van der Waals surface area contributed by atoms with Crippen LogP contribution < -0.4 is 5.32 Å². The van der Waals surface area contributed by atoms with Crippen LogP contribution in [0.5, 0.6) is 0 Å². The lowest BCUT2D eigenvalue weighted by Gasteiger charge is -2.18. The molecule has 4 heteroatoms. The summed E-state index contributed by atoms with van der Waals surface area (Å²) in [5.41, 5.74) is 2.45. The zero-order chi connectivity index (χ0) is 13.3. The third-order valence-electron chi connectivity index (χ3n) is 2.72. The molecule has 2 nitrogen and oxygen atoms in total. The summed E-state index contributed by atoms with van der Waals surface area (Å²) in [5, 5.41) is 2.61. The maximum atomic E-state index is 11.5. The topological polar surface area (TPSA) is 29.1 Å². The molecule has 1 aliphatic rings. The Bertz CT molecular complexity index is 524. The normalized spacial score (nSPS) is 18.3. The number of thiocarbonyl (C=S) groups is 1. The minimum absolute atomic E-state index is 0.107. The fourth-order valence-electron chi connectivity index (χ4n) is 1.65. The summed E-state index contributed by atoms with van der Waals surface area (Å²) < 4.78 is 0.526. The third-order valence-corrected chi connectivity index (χ3v) is 3.88. The average Bonchev–Trinajstić information content (AvgIpc) is 2.57. The highest BCUT2D eigenvalue weighted by Crippen LogP contribution is 2.27. The largest absolute Gasteiger partial charge is 0.307 e. The molecule has 0 spiro atoms. The number of hydrogen-bond donors (Lipinski definition) is 1. The lowest BCUT2D eigenvalue weighted by atomic mass is 9.87. The molecular formula is C14H15NOS2. The van der Waals surface area contributed by atoms with E-state index in [0.717, 1.165) is 5.56 Å². The summed E-state index contributed by atoms with van der Waals surface area (Å²) in [6.45, 7) is 6.54. The second-order valence-corrected chi connectivity index (χ2v) is 6.94. The Morgan fingerprint density at radius 2 is 1.83 bits per heavy atom. The van der Waals surface area contributed by atoms with Crippen molar-refractivity contribution < 1.29 is 4.79 Å². The van der Waals surface area contributed by atoms with E-state index in [1.807, 2.05) is 18.2 Å². The number of hydrogen-bond acceptors (Lipinski definition) is 3. The molecule has 0 saturated carbocycles. The predicted octanol–water partition coefficient (Wildman–Crippen LogP) is 3.47. The molecule has 0 unspecified atom stereocenters. The Hall–Kier alpha value is -1.13. The van der Waals surface area contributed by atoms with Crippen molar-refractivity contribution in [3.8, 4) is 0 Å². The summed E-state index contributed by atoms with van der Waals surface area (Å²) in [5.74, 6) is -0.107. The van der Waals surface area contributed by atoms with E-state index in [0.29, 0.717) is 9.23 Å². The van der Waals surface area contributed by atoms with Gasteiger partial charge in [0.15, 0.2) is 0 Å². The van der Waals surface area contributed by atoms with Gasteiger partial charge in [-0.3, -0.25) is 4.79 Å². The molecule has 18 heavy (non-hydrogen) atoms. The number of benzene rings is 1.